The second kappa shape index (κ2) is 13.2. The van der Waals surface area contributed by atoms with Gasteiger partial charge >= 0.3 is 0 Å². The third-order valence-electron chi connectivity index (χ3n) is 7.47. The summed E-state index contributed by atoms with van der Waals surface area (Å²) in [5, 5.41) is 2.73. The average molecular weight is 487 g/mol. The van der Waals surface area contributed by atoms with Crippen LogP contribution >= 0.6 is 0 Å². The quantitative estimate of drug-likeness (QED) is 0.174. The van der Waals surface area contributed by atoms with Crippen molar-refractivity contribution in [3.63, 3.8) is 0 Å². The van der Waals surface area contributed by atoms with E-state index in [1.165, 1.54) is 54.5 Å². The maximum absolute atomic E-state index is 7.66. The van der Waals surface area contributed by atoms with Crippen LogP contribution in [0.15, 0.2) is 91.0 Å². The molecule has 1 nitrogen and oxygen atoms in total. The zero-order chi connectivity index (χ0) is 25.2. The van der Waals surface area contributed by atoms with Crippen molar-refractivity contribution in [3.05, 3.63) is 96.6 Å². The van der Waals surface area contributed by atoms with Crippen molar-refractivity contribution in [2.45, 2.75) is 96.6 Å². The van der Waals surface area contributed by atoms with Gasteiger partial charge in [-0.1, -0.05) is 164 Å². The molecule has 3 aromatic rings. The first kappa shape index (κ1) is 27.4. The molecule has 0 aliphatic carbocycles. The highest BCUT2D eigenvalue weighted by Crippen LogP contribution is 2.40. The van der Waals surface area contributed by atoms with E-state index in [2.05, 4.69) is 126 Å². The van der Waals surface area contributed by atoms with E-state index in [1.807, 2.05) is 0 Å². The molecular formula is C33H46OSi. The first-order valence-electron chi connectivity index (χ1n) is 13.7. The number of hydrogen-bond acceptors (Lipinski definition) is 1. The highest BCUT2D eigenvalue weighted by atomic mass is 28.4. The Balaban J connectivity index is 2.01. The van der Waals surface area contributed by atoms with Crippen LogP contribution in [-0.4, -0.2) is 14.4 Å². The Hall–Kier alpha value is -2.16. The first-order valence-corrected chi connectivity index (χ1v) is 15.6. The molecule has 3 aromatic carbocycles. The van der Waals surface area contributed by atoms with Gasteiger partial charge in [-0.15, -0.1) is 0 Å². The summed E-state index contributed by atoms with van der Waals surface area (Å²) in [7, 11) is -2.59. The lowest BCUT2D eigenvalue weighted by atomic mass is 9.92. The third kappa shape index (κ3) is 6.95. The van der Waals surface area contributed by atoms with Crippen molar-refractivity contribution in [2.75, 3.05) is 0 Å². The molecular weight excluding hydrogens is 440 g/mol. The summed E-state index contributed by atoms with van der Waals surface area (Å²) < 4.78 is 7.66. The second-order valence-corrected chi connectivity index (χ2v) is 15.3. The summed E-state index contributed by atoms with van der Waals surface area (Å²) in [6.45, 7) is 11.8. The maximum Gasteiger partial charge on any atom is 0.261 e. The van der Waals surface area contributed by atoms with Gasteiger partial charge in [0.2, 0.25) is 0 Å². The van der Waals surface area contributed by atoms with Gasteiger partial charge in [-0.25, -0.2) is 0 Å². The molecule has 0 fully saturated rings. The number of benzene rings is 3. The highest BCUT2D eigenvalue weighted by Gasteiger charge is 2.51. The molecule has 0 heterocycles. The van der Waals surface area contributed by atoms with Gasteiger partial charge in [0.1, 0.15) is 0 Å². The minimum atomic E-state index is -2.59. The molecule has 0 saturated heterocycles. The Morgan fingerprint density at radius 1 is 0.657 bits per heavy atom. The van der Waals surface area contributed by atoms with Gasteiger partial charge in [0.25, 0.3) is 8.32 Å². The Kier molecular flexibility index (Phi) is 10.4. The molecule has 2 atom stereocenters. The van der Waals surface area contributed by atoms with Crippen LogP contribution < -0.4 is 10.4 Å². The summed E-state index contributed by atoms with van der Waals surface area (Å²) in [6.07, 6.45) is 9.13. The van der Waals surface area contributed by atoms with Gasteiger partial charge in [0.05, 0.1) is 6.10 Å². The molecule has 0 bridgehead atoms. The molecule has 2 heteroatoms. The number of hydrogen-bond donors (Lipinski definition) is 0. The van der Waals surface area contributed by atoms with Crippen molar-refractivity contribution in [3.8, 4) is 0 Å². The van der Waals surface area contributed by atoms with Gasteiger partial charge in [-0.05, 0) is 27.4 Å². The lowest BCUT2D eigenvalue weighted by molar-refractivity contribution is 0.149. The van der Waals surface area contributed by atoms with Gasteiger partial charge < -0.3 is 4.43 Å². The molecule has 35 heavy (non-hydrogen) atoms. The fourth-order valence-electron chi connectivity index (χ4n) is 5.43. The SMILES string of the molecule is CCCCCCCCC(O[Si](c1ccccc1)(c1ccccc1)C(C)(C)C)C(C)c1ccccc1. The normalized spacial score (nSPS) is 14.0. The fraction of sp³-hybridized carbons (Fsp3) is 0.455. The van der Waals surface area contributed by atoms with Gasteiger partial charge in [-0.3, -0.25) is 0 Å². The molecule has 0 N–H and O–H groups in total. The van der Waals surface area contributed by atoms with Gasteiger partial charge in [-0.2, -0.15) is 0 Å². The van der Waals surface area contributed by atoms with E-state index in [1.54, 1.807) is 0 Å². The zero-order valence-electron chi connectivity index (χ0n) is 22.7. The summed E-state index contributed by atoms with van der Waals surface area (Å²) in [5.74, 6) is 0.341. The highest BCUT2D eigenvalue weighted by molar-refractivity contribution is 6.99. The van der Waals surface area contributed by atoms with Gasteiger partial charge in [0.15, 0.2) is 0 Å². The van der Waals surface area contributed by atoms with Crippen LogP contribution in [0.4, 0.5) is 0 Å². The average Bonchev–Trinajstić information content (AvgIpc) is 2.88. The topological polar surface area (TPSA) is 9.23 Å². The van der Waals surface area contributed by atoms with Crippen LogP contribution in [0.25, 0.3) is 0 Å². The predicted molar refractivity (Wildman–Crippen MR) is 155 cm³/mol. The van der Waals surface area contributed by atoms with Crippen LogP contribution in [0.5, 0.6) is 0 Å². The Bertz CT molecular complexity index is 923. The Morgan fingerprint density at radius 2 is 1.11 bits per heavy atom. The molecule has 0 aliphatic rings. The van der Waals surface area contributed by atoms with Crippen LogP contribution in [0, 0.1) is 0 Å². The van der Waals surface area contributed by atoms with E-state index in [0.717, 1.165) is 6.42 Å². The molecule has 0 radical (unpaired) electrons. The first-order chi connectivity index (χ1) is 16.9. The summed E-state index contributed by atoms with van der Waals surface area (Å²) >= 11 is 0. The van der Waals surface area contributed by atoms with Gasteiger partial charge in [0, 0.05) is 5.92 Å². The maximum atomic E-state index is 7.66. The van der Waals surface area contributed by atoms with E-state index >= 15 is 0 Å². The number of rotatable bonds is 13. The fourth-order valence-corrected chi connectivity index (χ4v) is 10.2. The van der Waals surface area contributed by atoms with Crippen molar-refractivity contribution in [1.29, 1.82) is 0 Å². The standard InChI is InChI=1S/C33H46OSi/c1-6-7-8-9-10-20-27-32(28(2)29-21-14-11-15-22-29)34-35(33(3,4)5,30-23-16-12-17-24-30)31-25-18-13-19-26-31/h11-19,21-26,28,32H,6-10,20,27H2,1-5H3. The molecule has 188 valence electrons. The van der Waals surface area contributed by atoms with Crippen LogP contribution in [-0.2, 0) is 4.43 Å². The smallest absolute Gasteiger partial charge is 0.261 e. The molecule has 0 aromatic heterocycles. The molecule has 2 unspecified atom stereocenters. The van der Waals surface area contributed by atoms with Crippen molar-refractivity contribution in [2.24, 2.45) is 0 Å². The number of unbranched alkanes of at least 4 members (excludes halogenated alkanes) is 5. The summed E-state index contributed by atoms with van der Waals surface area (Å²) in [4.78, 5) is 0. The lowest BCUT2D eigenvalue weighted by Gasteiger charge is -2.46. The molecule has 0 aliphatic heterocycles. The zero-order valence-corrected chi connectivity index (χ0v) is 23.7. The van der Waals surface area contributed by atoms with E-state index in [0.29, 0.717) is 5.92 Å². The molecule has 0 spiro atoms. The summed E-state index contributed by atoms with van der Waals surface area (Å²) in [6, 6.07) is 33.2. The minimum Gasteiger partial charge on any atom is -0.404 e. The monoisotopic (exact) mass is 486 g/mol. The van der Waals surface area contributed by atoms with E-state index in [-0.39, 0.29) is 11.1 Å². The lowest BCUT2D eigenvalue weighted by Crippen LogP contribution is -2.68. The molecule has 3 rings (SSSR count). The Morgan fingerprint density at radius 3 is 1.60 bits per heavy atom. The van der Waals surface area contributed by atoms with E-state index < -0.39 is 8.32 Å². The van der Waals surface area contributed by atoms with Crippen molar-refractivity contribution < 1.29 is 4.43 Å². The Labute approximate surface area is 216 Å². The van der Waals surface area contributed by atoms with Crippen LogP contribution in [0.2, 0.25) is 5.04 Å². The third-order valence-corrected chi connectivity index (χ3v) is 12.5. The van der Waals surface area contributed by atoms with Crippen molar-refractivity contribution >= 4 is 18.7 Å². The minimum absolute atomic E-state index is 0.00844. The van der Waals surface area contributed by atoms with Crippen LogP contribution in [0.1, 0.15) is 91.0 Å². The van der Waals surface area contributed by atoms with E-state index in [4.69, 9.17) is 4.43 Å². The summed E-state index contributed by atoms with van der Waals surface area (Å²) in [5.41, 5.74) is 1.38. The van der Waals surface area contributed by atoms with Crippen LogP contribution in [0.3, 0.4) is 0 Å². The molecule has 0 amide bonds. The molecule has 0 saturated carbocycles. The largest absolute Gasteiger partial charge is 0.404 e. The van der Waals surface area contributed by atoms with E-state index in [9.17, 15) is 0 Å². The van der Waals surface area contributed by atoms with Crippen molar-refractivity contribution in [1.82, 2.24) is 0 Å². The predicted octanol–water partition coefficient (Wildman–Crippen LogP) is 8.49. The second-order valence-electron chi connectivity index (χ2n) is 11.1.